The molecule has 1 atom stereocenters. The molecule has 0 aliphatic rings. The summed E-state index contributed by atoms with van der Waals surface area (Å²) in [6.07, 6.45) is 21.3. The van der Waals surface area contributed by atoms with Crippen LogP contribution < -0.4 is 0 Å². The lowest BCUT2D eigenvalue weighted by Crippen LogP contribution is -2.29. The normalized spacial score (nSPS) is 13.3. The zero-order valence-corrected chi connectivity index (χ0v) is 17.7. The van der Waals surface area contributed by atoms with E-state index in [1.165, 1.54) is 77.7 Å². The van der Waals surface area contributed by atoms with Gasteiger partial charge in [0.25, 0.3) is 0 Å². The van der Waals surface area contributed by atoms with Crippen LogP contribution in [0.1, 0.15) is 111 Å². The second kappa shape index (κ2) is 15.5. The van der Waals surface area contributed by atoms with Crippen LogP contribution in [0, 0.1) is 11.3 Å². The van der Waals surface area contributed by atoms with Crippen LogP contribution in [0.5, 0.6) is 0 Å². The van der Waals surface area contributed by atoms with E-state index in [4.69, 9.17) is 4.74 Å². The Labute approximate surface area is 157 Å². The highest BCUT2D eigenvalue weighted by Gasteiger charge is 2.31. The Kier molecular flexibility index (Phi) is 15.0. The molecule has 1 unspecified atom stereocenters. The minimum Gasteiger partial charge on any atom is -0.469 e. The van der Waals surface area contributed by atoms with Gasteiger partial charge in [0.05, 0.1) is 13.0 Å². The Bertz CT molecular complexity index is 338. The van der Waals surface area contributed by atoms with Gasteiger partial charge < -0.3 is 4.74 Å². The molecule has 0 saturated heterocycles. The van der Waals surface area contributed by atoms with Gasteiger partial charge in [-0.1, -0.05) is 91.2 Å². The molecule has 0 N–H and O–H groups in total. The summed E-state index contributed by atoms with van der Waals surface area (Å²) in [5, 5.41) is 0. The lowest BCUT2D eigenvalue weighted by atomic mass is 9.78. The van der Waals surface area contributed by atoms with Crippen molar-refractivity contribution in [1.29, 1.82) is 0 Å². The highest BCUT2D eigenvalue weighted by Crippen LogP contribution is 2.31. The van der Waals surface area contributed by atoms with Gasteiger partial charge in [-0.15, -0.1) is 0 Å². The van der Waals surface area contributed by atoms with E-state index in [1.54, 1.807) is 0 Å². The first-order valence-electron chi connectivity index (χ1n) is 10.7. The van der Waals surface area contributed by atoms with Gasteiger partial charge in [-0.3, -0.25) is 4.79 Å². The van der Waals surface area contributed by atoms with Crippen LogP contribution in [0.25, 0.3) is 0 Å². The van der Waals surface area contributed by atoms with Crippen LogP contribution in [-0.2, 0) is 9.53 Å². The predicted octanol–water partition coefficient (Wildman–Crippen LogP) is 7.47. The maximum atomic E-state index is 11.9. The number of methoxy groups -OCH3 is 1. The molecule has 25 heavy (non-hydrogen) atoms. The third-order valence-corrected chi connectivity index (χ3v) is 5.04. The zero-order chi connectivity index (χ0) is 19.0. The monoisotopic (exact) mass is 352 g/mol. The zero-order valence-electron chi connectivity index (χ0n) is 17.7. The van der Waals surface area contributed by atoms with Crippen molar-refractivity contribution in [2.45, 2.75) is 111 Å². The minimum atomic E-state index is -0.0508. The fourth-order valence-corrected chi connectivity index (χ4v) is 3.29. The molecule has 0 saturated carbocycles. The summed E-state index contributed by atoms with van der Waals surface area (Å²) in [5.41, 5.74) is -0.00757. The third-order valence-electron chi connectivity index (χ3n) is 5.04. The lowest BCUT2D eigenvalue weighted by molar-refractivity contribution is -0.149. The van der Waals surface area contributed by atoms with Crippen LogP contribution in [0.15, 0.2) is 12.2 Å². The van der Waals surface area contributed by atoms with Crippen LogP contribution in [0.2, 0.25) is 0 Å². The number of rotatable bonds is 15. The number of carbonyl (C=O) groups excluding carboxylic acids is 1. The van der Waals surface area contributed by atoms with Crippen molar-refractivity contribution < 1.29 is 9.53 Å². The summed E-state index contributed by atoms with van der Waals surface area (Å²) in [6, 6.07) is 0. The van der Waals surface area contributed by atoms with Crippen molar-refractivity contribution in [3.63, 3.8) is 0 Å². The maximum Gasteiger partial charge on any atom is 0.309 e. The van der Waals surface area contributed by atoms with E-state index < -0.39 is 0 Å². The SMILES string of the molecule is CCCCCCCC/C=C\CCCCCCC(C(=O)OC)C(C)(C)C. The topological polar surface area (TPSA) is 26.3 Å². The molecule has 0 bridgehead atoms. The van der Waals surface area contributed by atoms with Crippen molar-refractivity contribution in [2.75, 3.05) is 7.11 Å². The number of hydrogen-bond acceptors (Lipinski definition) is 2. The first-order chi connectivity index (χ1) is 11.9. The first kappa shape index (κ1) is 24.2. The Hall–Kier alpha value is -0.790. The average molecular weight is 353 g/mol. The number of allylic oxidation sites excluding steroid dienone is 2. The van der Waals surface area contributed by atoms with Gasteiger partial charge in [-0.2, -0.15) is 0 Å². The predicted molar refractivity (Wildman–Crippen MR) is 110 cm³/mol. The van der Waals surface area contributed by atoms with Crippen molar-refractivity contribution in [3.05, 3.63) is 12.2 Å². The highest BCUT2D eigenvalue weighted by molar-refractivity contribution is 5.73. The molecule has 0 aliphatic heterocycles. The number of ether oxygens (including phenoxy) is 1. The van der Waals surface area contributed by atoms with Crippen molar-refractivity contribution in [3.8, 4) is 0 Å². The molecule has 0 spiro atoms. The van der Waals surface area contributed by atoms with Crippen LogP contribution >= 0.6 is 0 Å². The number of esters is 1. The molecule has 0 aliphatic carbocycles. The highest BCUT2D eigenvalue weighted by atomic mass is 16.5. The van der Waals surface area contributed by atoms with Crippen LogP contribution in [0.3, 0.4) is 0 Å². The Morgan fingerprint density at radius 1 is 0.840 bits per heavy atom. The van der Waals surface area contributed by atoms with Crippen molar-refractivity contribution in [2.24, 2.45) is 11.3 Å². The number of carbonyl (C=O) groups is 1. The quantitative estimate of drug-likeness (QED) is 0.173. The lowest BCUT2D eigenvalue weighted by Gasteiger charge is -2.28. The summed E-state index contributed by atoms with van der Waals surface area (Å²) in [7, 11) is 1.50. The molecule has 0 radical (unpaired) electrons. The van der Waals surface area contributed by atoms with E-state index in [2.05, 4.69) is 39.8 Å². The molecular formula is C23H44O2. The molecule has 2 heteroatoms. The molecule has 2 nitrogen and oxygen atoms in total. The Balaban J connectivity index is 3.56. The molecule has 0 fully saturated rings. The molecule has 148 valence electrons. The molecule has 0 amide bonds. The van der Waals surface area contributed by atoms with E-state index in [0.717, 1.165) is 12.8 Å². The van der Waals surface area contributed by atoms with E-state index >= 15 is 0 Å². The first-order valence-corrected chi connectivity index (χ1v) is 10.7. The molecule has 0 heterocycles. The van der Waals surface area contributed by atoms with Gasteiger partial charge in [0.1, 0.15) is 0 Å². The van der Waals surface area contributed by atoms with E-state index in [1.807, 2.05) is 0 Å². The maximum absolute atomic E-state index is 11.9. The van der Waals surface area contributed by atoms with Crippen molar-refractivity contribution >= 4 is 5.97 Å². The summed E-state index contributed by atoms with van der Waals surface area (Å²) in [5.74, 6) is -0.0279. The summed E-state index contributed by atoms with van der Waals surface area (Å²) < 4.78 is 4.96. The largest absolute Gasteiger partial charge is 0.469 e. The summed E-state index contributed by atoms with van der Waals surface area (Å²) >= 11 is 0. The standard InChI is InChI=1S/C23H44O2/c1-6-7-8-9-10-11-12-13-14-15-16-17-18-19-20-21(22(24)25-5)23(2,3)4/h13-14,21H,6-12,15-20H2,1-5H3/b14-13-. The molecule has 0 aromatic rings. The second-order valence-corrected chi connectivity index (χ2v) is 8.46. The van der Waals surface area contributed by atoms with Crippen LogP contribution in [0.4, 0.5) is 0 Å². The smallest absolute Gasteiger partial charge is 0.309 e. The third kappa shape index (κ3) is 14.1. The van der Waals surface area contributed by atoms with Crippen LogP contribution in [-0.4, -0.2) is 13.1 Å². The van der Waals surface area contributed by atoms with Crippen molar-refractivity contribution in [1.82, 2.24) is 0 Å². The summed E-state index contributed by atoms with van der Waals surface area (Å²) in [4.78, 5) is 11.9. The van der Waals surface area contributed by atoms with Gasteiger partial charge in [-0.25, -0.2) is 0 Å². The fraction of sp³-hybridized carbons (Fsp3) is 0.870. The average Bonchev–Trinajstić information content (AvgIpc) is 2.56. The van der Waals surface area contributed by atoms with Gasteiger partial charge >= 0.3 is 5.97 Å². The van der Waals surface area contributed by atoms with E-state index in [-0.39, 0.29) is 17.3 Å². The molecule has 0 rings (SSSR count). The number of hydrogen-bond donors (Lipinski definition) is 0. The fourth-order valence-electron chi connectivity index (χ4n) is 3.29. The van der Waals surface area contributed by atoms with E-state index in [9.17, 15) is 4.79 Å². The van der Waals surface area contributed by atoms with Gasteiger partial charge in [0.2, 0.25) is 0 Å². The minimum absolute atomic E-state index is 0.00757. The Morgan fingerprint density at radius 2 is 1.32 bits per heavy atom. The van der Waals surface area contributed by atoms with Gasteiger partial charge in [0, 0.05) is 0 Å². The summed E-state index contributed by atoms with van der Waals surface area (Å²) in [6.45, 7) is 8.65. The van der Waals surface area contributed by atoms with Gasteiger partial charge in [-0.05, 0) is 37.5 Å². The van der Waals surface area contributed by atoms with E-state index in [0.29, 0.717) is 0 Å². The number of unbranched alkanes of at least 4 members (excludes halogenated alkanes) is 10. The molecular weight excluding hydrogens is 308 g/mol. The molecule has 0 aromatic carbocycles. The van der Waals surface area contributed by atoms with Gasteiger partial charge in [0.15, 0.2) is 0 Å². The second-order valence-electron chi connectivity index (χ2n) is 8.46. The molecule has 0 aromatic heterocycles. The Morgan fingerprint density at radius 3 is 1.80 bits per heavy atom.